The lowest BCUT2D eigenvalue weighted by atomic mass is 10.2. The van der Waals surface area contributed by atoms with Crippen molar-refractivity contribution in [3.8, 4) is 0 Å². The third-order valence-corrected chi connectivity index (χ3v) is 2.32. The molecule has 0 aliphatic heterocycles. The molecule has 1 aromatic rings. The van der Waals surface area contributed by atoms with Crippen molar-refractivity contribution in [3.63, 3.8) is 0 Å². The number of carbonyl (C=O) groups excluding carboxylic acids is 1. The summed E-state index contributed by atoms with van der Waals surface area (Å²) in [6.07, 6.45) is 4.19. The molecule has 18 heavy (non-hydrogen) atoms. The Balaban J connectivity index is 2.25. The normalized spacial score (nSPS) is 10.8. The van der Waals surface area contributed by atoms with E-state index >= 15 is 0 Å². The summed E-state index contributed by atoms with van der Waals surface area (Å²) in [6.45, 7) is 4.43. The number of benzene rings is 1. The fraction of sp³-hybridized carbons (Fsp3) is 0.357. The molecule has 0 spiro atoms. The maximum atomic E-state index is 12.6. The average molecular weight is 250 g/mol. The van der Waals surface area contributed by atoms with Crippen LogP contribution >= 0.6 is 0 Å². The molecule has 0 saturated carbocycles. The lowest BCUT2D eigenvalue weighted by Gasteiger charge is -2.03. The van der Waals surface area contributed by atoms with Crippen LogP contribution in [0.1, 0.15) is 18.9 Å². The fourth-order valence-electron chi connectivity index (χ4n) is 1.38. The molecule has 0 atom stereocenters. The minimum absolute atomic E-state index is 0.141. The quantitative estimate of drug-likeness (QED) is 0.573. The molecular weight excluding hydrogens is 231 g/mol. The summed E-state index contributed by atoms with van der Waals surface area (Å²) < 4.78 is 12.6. The zero-order valence-corrected chi connectivity index (χ0v) is 10.6. The molecule has 2 N–H and O–H groups in total. The summed E-state index contributed by atoms with van der Waals surface area (Å²) >= 11 is 0. The number of amides is 1. The van der Waals surface area contributed by atoms with Crippen LogP contribution in [0.5, 0.6) is 0 Å². The predicted molar refractivity (Wildman–Crippen MR) is 71.6 cm³/mol. The third-order valence-electron chi connectivity index (χ3n) is 2.32. The maximum absolute atomic E-state index is 12.6. The van der Waals surface area contributed by atoms with Crippen LogP contribution in [0.15, 0.2) is 30.3 Å². The maximum Gasteiger partial charge on any atom is 0.244 e. The van der Waals surface area contributed by atoms with Gasteiger partial charge in [0.1, 0.15) is 5.82 Å². The van der Waals surface area contributed by atoms with Crippen LogP contribution in [0.25, 0.3) is 6.08 Å². The monoisotopic (exact) mass is 250 g/mol. The average Bonchev–Trinajstić information content (AvgIpc) is 2.38. The molecule has 0 bridgehead atoms. The van der Waals surface area contributed by atoms with Gasteiger partial charge in [0.2, 0.25) is 5.91 Å². The first-order valence-electron chi connectivity index (χ1n) is 6.14. The van der Waals surface area contributed by atoms with Crippen LogP contribution in [-0.4, -0.2) is 25.5 Å². The molecule has 0 aromatic heterocycles. The Morgan fingerprint density at radius 1 is 1.22 bits per heavy atom. The molecule has 0 heterocycles. The summed E-state index contributed by atoms with van der Waals surface area (Å²) in [5.74, 6) is -0.420. The van der Waals surface area contributed by atoms with Gasteiger partial charge in [0.25, 0.3) is 0 Å². The molecule has 0 saturated heterocycles. The van der Waals surface area contributed by atoms with Gasteiger partial charge < -0.3 is 10.6 Å². The van der Waals surface area contributed by atoms with Crippen molar-refractivity contribution in [2.75, 3.05) is 19.6 Å². The smallest absolute Gasteiger partial charge is 0.244 e. The van der Waals surface area contributed by atoms with Gasteiger partial charge in [-0.3, -0.25) is 4.79 Å². The molecule has 1 amide bonds. The van der Waals surface area contributed by atoms with E-state index in [1.807, 2.05) is 0 Å². The molecule has 0 aliphatic rings. The van der Waals surface area contributed by atoms with Crippen LogP contribution in [0.4, 0.5) is 4.39 Å². The second kappa shape index (κ2) is 8.42. The van der Waals surface area contributed by atoms with E-state index in [-0.39, 0.29) is 11.7 Å². The van der Waals surface area contributed by atoms with Gasteiger partial charge in [0.15, 0.2) is 0 Å². The second-order valence-corrected chi connectivity index (χ2v) is 3.93. The highest BCUT2D eigenvalue weighted by Gasteiger charge is 1.94. The van der Waals surface area contributed by atoms with Crippen molar-refractivity contribution >= 4 is 12.0 Å². The zero-order chi connectivity index (χ0) is 13.2. The first-order chi connectivity index (χ1) is 8.72. The number of rotatable bonds is 7. The van der Waals surface area contributed by atoms with Gasteiger partial charge in [-0.15, -0.1) is 0 Å². The molecule has 1 aromatic carbocycles. The first kappa shape index (κ1) is 14.4. The molecule has 0 radical (unpaired) electrons. The molecule has 1 rings (SSSR count). The van der Waals surface area contributed by atoms with Gasteiger partial charge in [-0.25, -0.2) is 4.39 Å². The van der Waals surface area contributed by atoms with E-state index in [4.69, 9.17) is 0 Å². The highest BCUT2D eigenvalue weighted by atomic mass is 19.1. The van der Waals surface area contributed by atoms with E-state index in [2.05, 4.69) is 17.6 Å². The van der Waals surface area contributed by atoms with Crippen LogP contribution in [0.2, 0.25) is 0 Å². The van der Waals surface area contributed by atoms with Gasteiger partial charge in [0, 0.05) is 19.2 Å². The molecule has 0 aliphatic carbocycles. The van der Waals surface area contributed by atoms with Gasteiger partial charge in [-0.1, -0.05) is 19.1 Å². The Hall–Kier alpha value is -1.68. The molecule has 4 heteroatoms. The molecule has 98 valence electrons. The van der Waals surface area contributed by atoms with Crippen molar-refractivity contribution in [1.82, 2.24) is 10.6 Å². The molecular formula is C14H19FN2O. The predicted octanol–water partition coefficient (Wildman–Crippen LogP) is 1.95. The van der Waals surface area contributed by atoms with Crippen molar-refractivity contribution < 1.29 is 9.18 Å². The van der Waals surface area contributed by atoms with Crippen LogP contribution in [-0.2, 0) is 4.79 Å². The van der Waals surface area contributed by atoms with Crippen molar-refractivity contribution in [1.29, 1.82) is 0 Å². The number of hydrogen-bond donors (Lipinski definition) is 2. The van der Waals surface area contributed by atoms with Crippen molar-refractivity contribution in [3.05, 3.63) is 41.7 Å². The molecule has 0 fully saturated rings. The largest absolute Gasteiger partial charge is 0.351 e. The van der Waals surface area contributed by atoms with E-state index < -0.39 is 0 Å². The summed E-state index contributed by atoms with van der Waals surface area (Å²) in [5.41, 5.74) is 0.802. The van der Waals surface area contributed by atoms with E-state index in [0.717, 1.165) is 25.1 Å². The Labute approximate surface area is 107 Å². The van der Waals surface area contributed by atoms with E-state index in [1.54, 1.807) is 18.2 Å². The second-order valence-electron chi connectivity index (χ2n) is 3.93. The Morgan fingerprint density at radius 3 is 2.61 bits per heavy atom. The number of halogens is 1. The summed E-state index contributed by atoms with van der Waals surface area (Å²) in [5, 5.41) is 5.95. The van der Waals surface area contributed by atoms with E-state index in [0.29, 0.717) is 6.54 Å². The lowest BCUT2D eigenvalue weighted by Crippen LogP contribution is -2.30. The van der Waals surface area contributed by atoms with E-state index in [9.17, 15) is 9.18 Å². The highest BCUT2D eigenvalue weighted by molar-refractivity contribution is 5.91. The summed E-state index contributed by atoms with van der Waals surface area (Å²) in [4.78, 5) is 11.4. The molecule has 0 unspecified atom stereocenters. The van der Waals surface area contributed by atoms with Gasteiger partial charge in [0.05, 0.1) is 0 Å². The Kier molecular flexibility index (Phi) is 6.72. The highest BCUT2D eigenvalue weighted by Crippen LogP contribution is 2.04. The zero-order valence-electron chi connectivity index (χ0n) is 10.6. The topological polar surface area (TPSA) is 41.1 Å². The number of hydrogen-bond acceptors (Lipinski definition) is 2. The SMILES string of the molecule is CCCNCCNC(=O)/C=C/c1ccc(F)cc1. The van der Waals surface area contributed by atoms with Gasteiger partial charge >= 0.3 is 0 Å². The van der Waals surface area contributed by atoms with Gasteiger partial charge in [-0.2, -0.15) is 0 Å². The Morgan fingerprint density at radius 2 is 1.94 bits per heavy atom. The Bertz CT molecular complexity index is 387. The molecule has 3 nitrogen and oxygen atoms in total. The van der Waals surface area contributed by atoms with Crippen molar-refractivity contribution in [2.24, 2.45) is 0 Å². The minimum Gasteiger partial charge on any atom is -0.351 e. The first-order valence-corrected chi connectivity index (χ1v) is 6.14. The van der Waals surface area contributed by atoms with Crippen LogP contribution < -0.4 is 10.6 Å². The van der Waals surface area contributed by atoms with Crippen LogP contribution in [0, 0.1) is 5.82 Å². The minimum atomic E-state index is -0.279. The fourth-order valence-corrected chi connectivity index (χ4v) is 1.38. The summed E-state index contributed by atoms with van der Waals surface area (Å²) in [6, 6.07) is 5.99. The third kappa shape index (κ3) is 6.15. The number of carbonyl (C=O) groups is 1. The van der Waals surface area contributed by atoms with Crippen LogP contribution in [0.3, 0.4) is 0 Å². The summed E-state index contributed by atoms with van der Waals surface area (Å²) in [7, 11) is 0. The number of nitrogens with one attached hydrogen (secondary N) is 2. The van der Waals surface area contributed by atoms with Gasteiger partial charge in [-0.05, 0) is 36.7 Å². The van der Waals surface area contributed by atoms with E-state index in [1.165, 1.54) is 18.2 Å². The lowest BCUT2D eigenvalue weighted by molar-refractivity contribution is -0.116. The standard InChI is InChI=1S/C14H19FN2O/c1-2-9-16-10-11-17-14(18)8-5-12-3-6-13(15)7-4-12/h3-8,16H,2,9-11H2,1H3,(H,17,18)/b8-5+. The van der Waals surface area contributed by atoms with Crippen molar-refractivity contribution in [2.45, 2.75) is 13.3 Å².